The fourth-order valence-corrected chi connectivity index (χ4v) is 4.61. The first-order valence-electron chi connectivity index (χ1n) is 11.7. The highest BCUT2D eigenvalue weighted by Gasteiger charge is 2.30. The zero-order chi connectivity index (χ0) is 24.5. The number of hydrogen-bond donors (Lipinski definition) is 1. The summed E-state index contributed by atoms with van der Waals surface area (Å²) < 4.78 is 13.2. The summed E-state index contributed by atoms with van der Waals surface area (Å²) in [7, 11) is 0. The second kappa shape index (κ2) is 9.07. The van der Waals surface area contributed by atoms with E-state index in [0.29, 0.717) is 43.5 Å². The first kappa shape index (κ1) is 21.7. The van der Waals surface area contributed by atoms with E-state index in [1.165, 1.54) is 6.26 Å². The number of hydrogen-bond acceptors (Lipinski definition) is 7. The van der Waals surface area contributed by atoms with Crippen LogP contribution in [0.1, 0.15) is 18.5 Å². The van der Waals surface area contributed by atoms with Crippen LogP contribution < -0.4 is 10.2 Å². The molecule has 6 rings (SSSR count). The molecular formula is C27H22N6O3. The van der Waals surface area contributed by atoms with Gasteiger partial charge in [0.15, 0.2) is 5.76 Å². The smallest absolute Gasteiger partial charge is 0.266 e. The van der Waals surface area contributed by atoms with Gasteiger partial charge in [-0.15, -0.1) is 0 Å². The number of para-hydroxylation sites is 3. The Kier molecular flexibility index (Phi) is 5.46. The molecule has 0 saturated carbocycles. The van der Waals surface area contributed by atoms with Crippen molar-refractivity contribution in [3.63, 3.8) is 0 Å². The lowest BCUT2D eigenvalue weighted by Crippen LogP contribution is -2.38. The van der Waals surface area contributed by atoms with Crippen LogP contribution in [0.15, 0.2) is 81.8 Å². The standard InChI is InChI=1S/C27H22N6O3/c28-17-21-26(36-25(29-21)23-11-6-16-35-23)32-14-12-18(13-15-32)24(34)31-27-30-20-9-4-5-10-22(20)33(27)19-7-2-1-3-8-19/h1-11,16,18H,12-15H2,(H,30,31,34). The van der Waals surface area contributed by atoms with Crippen molar-refractivity contribution in [1.82, 2.24) is 14.5 Å². The van der Waals surface area contributed by atoms with Gasteiger partial charge in [0.2, 0.25) is 23.4 Å². The number of furan rings is 1. The van der Waals surface area contributed by atoms with E-state index in [0.717, 1.165) is 16.7 Å². The maximum atomic E-state index is 13.3. The molecule has 0 atom stereocenters. The summed E-state index contributed by atoms with van der Waals surface area (Å²) in [6.45, 7) is 1.13. The Morgan fingerprint density at radius 3 is 2.53 bits per heavy atom. The SMILES string of the molecule is N#Cc1nc(-c2ccco2)oc1N1CCC(C(=O)Nc2nc3ccccc3n2-c2ccccc2)CC1. The van der Waals surface area contributed by atoms with E-state index in [2.05, 4.69) is 21.4 Å². The molecule has 9 nitrogen and oxygen atoms in total. The number of nitrogens with zero attached hydrogens (tertiary/aromatic N) is 5. The highest BCUT2D eigenvalue weighted by Crippen LogP contribution is 2.32. The Labute approximate surface area is 206 Å². The van der Waals surface area contributed by atoms with Gasteiger partial charge in [0.25, 0.3) is 5.89 Å². The van der Waals surface area contributed by atoms with Gasteiger partial charge in [-0.3, -0.25) is 14.7 Å². The molecule has 1 saturated heterocycles. The number of nitrogens with one attached hydrogen (secondary N) is 1. The third-order valence-electron chi connectivity index (χ3n) is 6.41. The van der Waals surface area contributed by atoms with E-state index >= 15 is 0 Å². The molecule has 1 fully saturated rings. The van der Waals surface area contributed by atoms with Gasteiger partial charge >= 0.3 is 0 Å². The minimum Gasteiger partial charge on any atom is -0.459 e. The van der Waals surface area contributed by atoms with Gasteiger partial charge in [-0.2, -0.15) is 10.2 Å². The van der Waals surface area contributed by atoms with Gasteiger partial charge in [-0.1, -0.05) is 30.3 Å². The molecule has 2 aromatic carbocycles. The van der Waals surface area contributed by atoms with Crippen LogP contribution >= 0.6 is 0 Å². The lowest BCUT2D eigenvalue weighted by atomic mass is 9.96. The van der Waals surface area contributed by atoms with Crippen molar-refractivity contribution >= 4 is 28.8 Å². The summed E-state index contributed by atoms with van der Waals surface area (Å²) in [4.78, 5) is 24.2. The molecule has 0 bridgehead atoms. The van der Waals surface area contributed by atoms with E-state index in [1.807, 2.05) is 64.1 Å². The Morgan fingerprint density at radius 1 is 1.00 bits per heavy atom. The van der Waals surface area contributed by atoms with E-state index in [-0.39, 0.29) is 23.4 Å². The summed E-state index contributed by atoms with van der Waals surface area (Å²) in [6, 6.07) is 23.2. The average Bonchev–Trinajstić information content (AvgIpc) is 3.67. The fraction of sp³-hybridized carbons (Fsp3) is 0.185. The van der Waals surface area contributed by atoms with E-state index < -0.39 is 0 Å². The first-order chi connectivity index (χ1) is 17.7. The lowest BCUT2D eigenvalue weighted by Gasteiger charge is -2.30. The molecule has 3 aromatic heterocycles. The molecule has 5 aromatic rings. The number of amides is 1. The van der Waals surface area contributed by atoms with Crippen molar-refractivity contribution in [1.29, 1.82) is 5.26 Å². The fourth-order valence-electron chi connectivity index (χ4n) is 4.61. The second-order valence-corrected chi connectivity index (χ2v) is 8.61. The molecule has 0 aliphatic carbocycles. The zero-order valence-corrected chi connectivity index (χ0v) is 19.3. The predicted octanol–water partition coefficient (Wildman–Crippen LogP) is 5.00. The van der Waals surface area contributed by atoms with Gasteiger partial charge in [0.05, 0.1) is 17.3 Å². The van der Waals surface area contributed by atoms with Gasteiger partial charge in [0, 0.05) is 24.7 Å². The quantitative estimate of drug-likeness (QED) is 0.378. The molecule has 1 aliphatic rings. The molecule has 178 valence electrons. The maximum absolute atomic E-state index is 13.3. The summed E-state index contributed by atoms with van der Waals surface area (Å²) in [5.41, 5.74) is 2.88. The number of fused-ring (bicyclic) bond motifs is 1. The van der Waals surface area contributed by atoms with Crippen LogP contribution in [0.5, 0.6) is 0 Å². The number of anilines is 2. The summed E-state index contributed by atoms with van der Waals surface area (Å²) in [5, 5.41) is 12.6. The van der Waals surface area contributed by atoms with Crippen molar-refractivity contribution in [3.8, 4) is 23.4 Å². The second-order valence-electron chi connectivity index (χ2n) is 8.61. The van der Waals surface area contributed by atoms with E-state index in [4.69, 9.17) is 8.83 Å². The largest absolute Gasteiger partial charge is 0.459 e. The monoisotopic (exact) mass is 478 g/mol. The molecule has 1 N–H and O–H groups in total. The molecule has 0 radical (unpaired) electrons. The van der Waals surface area contributed by atoms with Crippen LogP contribution in [0.3, 0.4) is 0 Å². The Balaban J connectivity index is 1.19. The average molecular weight is 479 g/mol. The summed E-state index contributed by atoms with van der Waals surface area (Å²) in [6.07, 6.45) is 2.75. The molecule has 36 heavy (non-hydrogen) atoms. The van der Waals surface area contributed by atoms with Crippen molar-refractivity contribution in [2.45, 2.75) is 12.8 Å². The van der Waals surface area contributed by atoms with Crippen LogP contribution in [-0.4, -0.2) is 33.5 Å². The Hall–Kier alpha value is -4.84. The molecule has 0 unspecified atom stereocenters. The van der Waals surface area contributed by atoms with Gasteiger partial charge in [0.1, 0.15) is 6.07 Å². The maximum Gasteiger partial charge on any atom is 0.266 e. The Bertz CT molecular complexity index is 1550. The minimum absolute atomic E-state index is 0.0727. The van der Waals surface area contributed by atoms with Crippen molar-refractivity contribution in [2.75, 3.05) is 23.3 Å². The van der Waals surface area contributed by atoms with Crippen LogP contribution in [-0.2, 0) is 4.79 Å². The van der Waals surface area contributed by atoms with Gasteiger partial charge in [-0.05, 0) is 49.2 Å². The normalized spacial score (nSPS) is 14.1. The number of nitriles is 1. The van der Waals surface area contributed by atoms with Gasteiger partial charge in [-0.25, -0.2) is 4.98 Å². The lowest BCUT2D eigenvalue weighted by molar-refractivity contribution is -0.120. The number of carbonyl (C=O) groups is 1. The summed E-state index contributed by atoms with van der Waals surface area (Å²) in [5.74, 6) is 1.38. The number of benzene rings is 2. The number of rotatable bonds is 5. The number of aromatic nitrogens is 3. The Morgan fingerprint density at radius 2 is 1.78 bits per heavy atom. The van der Waals surface area contributed by atoms with Crippen LogP contribution in [0.25, 0.3) is 28.4 Å². The first-order valence-corrected chi connectivity index (χ1v) is 11.7. The third kappa shape index (κ3) is 3.88. The van der Waals surface area contributed by atoms with E-state index in [9.17, 15) is 10.1 Å². The highest BCUT2D eigenvalue weighted by atomic mass is 16.4. The molecule has 9 heteroatoms. The van der Waals surface area contributed by atoms with Crippen molar-refractivity contribution < 1.29 is 13.6 Å². The molecule has 0 spiro atoms. The topological polar surface area (TPSA) is 113 Å². The molecule has 1 amide bonds. The number of piperidine rings is 1. The van der Waals surface area contributed by atoms with Gasteiger partial charge < -0.3 is 13.7 Å². The van der Waals surface area contributed by atoms with Crippen LogP contribution in [0.4, 0.5) is 11.8 Å². The zero-order valence-electron chi connectivity index (χ0n) is 19.3. The summed E-state index contributed by atoms with van der Waals surface area (Å²) >= 11 is 0. The van der Waals surface area contributed by atoms with E-state index in [1.54, 1.807) is 12.1 Å². The minimum atomic E-state index is -0.191. The molecular weight excluding hydrogens is 456 g/mol. The van der Waals surface area contributed by atoms with Crippen LogP contribution in [0.2, 0.25) is 0 Å². The predicted molar refractivity (Wildman–Crippen MR) is 134 cm³/mol. The molecule has 1 aliphatic heterocycles. The van der Waals surface area contributed by atoms with Crippen molar-refractivity contribution in [2.24, 2.45) is 5.92 Å². The third-order valence-corrected chi connectivity index (χ3v) is 6.41. The number of oxazole rings is 1. The number of imidazole rings is 1. The van der Waals surface area contributed by atoms with Crippen LogP contribution in [0, 0.1) is 17.2 Å². The number of carbonyl (C=O) groups excluding carboxylic acids is 1. The molecule has 4 heterocycles. The van der Waals surface area contributed by atoms with Crippen molar-refractivity contribution in [3.05, 3.63) is 78.7 Å². The highest BCUT2D eigenvalue weighted by molar-refractivity contribution is 5.94.